The van der Waals surface area contributed by atoms with E-state index >= 15 is 0 Å². The molecule has 1 aromatic heterocycles. The molecule has 0 aliphatic carbocycles. The summed E-state index contributed by atoms with van der Waals surface area (Å²) in [7, 11) is 1.65. The number of hydrogen-bond acceptors (Lipinski definition) is 4. The molecule has 6 heteroatoms. The van der Waals surface area contributed by atoms with Gasteiger partial charge in [0.15, 0.2) is 0 Å². The fourth-order valence-electron chi connectivity index (χ4n) is 4.00. The van der Waals surface area contributed by atoms with Crippen LogP contribution in [0.15, 0.2) is 71.4 Å². The highest BCUT2D eigenvalue weighted by molar-refractivity contribution is 6.30. The smallest absolute Gasteiger partial charge is 0.248 e. The minimum atomic E-state index is -0.239. The number of hydrogen-bond donors (Lipinski definition) is 1. The molecule has 0 saturated carbocycles. The van der Waals surface area contributed by atoms with Crippen LogP contribution in [-0.4, -0.2) is 19.6 Å². The van der Waals surface area contributed by atoms with Gasteiger partial charge in [-0.2, -0.15) is 0 Å². The number of aryl methyl sites for hydroxylation is 1. The lowest BCUT2D eigenvalue weighted by atomic mass is 9.96. The molecule has 0 aliphatic rings. The Labute approximate surface area is 203 Å². The molecule has 34 heavy (non-hydrogen) atoms. The second kappa shape index (κ2) is 10.1. The highest BCUT2D eigenvalue weighted by Gasteiger charge is 2.20. The number of ether oxygens (including phenoxy) is 2. The van der Waals surface area contributed by atoms with E-state index in [1.807, 2.05) is 51.1 Å². The van der Waals surface area contributed by atoms with Gasteiger partial charge in [-0.05, 0) is 62.7 Å². The van der Waals surface area contributed by atoms with E-state index in [-0.39, 0.29) is 5.91 Å². The minimum Gasteiger partial charge on any atom is -0.496 e. The second-order valence-corrected chi connectivity index (χ2v) is 8.30. The number of methoxy groups -OCH3 is 1. The molecule has 1 N–H and O–H groups in total. The SMILES string of the molecule is CCOc1c(/C(C)=C/C(=O)Nc2ccc(Cl)cc2)cc2c(-c3ccccc3OC)coc2c1C. The maximum absolute atomic E-state index is 12.7. The number of furan rings is 1. The summed E-state index contributed by atoms with van der Waals surface area (Å²) in [6.45, 7) is 6.28. The zero-order chi connectivity index (χ0) is 24.2. The Morgan fingerprint density at radius 1 is 1.12 bits per heavy atom. The summed E-state index contributed by atoms with van der Waals surface area (Å²) in [5.74, 6) is 1.22. The fourth-order valence-corrected chi connectivity index (χ4v) is 4.13. The van der Waals surface area contributed by atoms with Crippen LogP contribution in [0.25, 0.3) is 27.7 Å². The monoisotopic (exact) mass is 475 g/mol. The van der Waals surface area contributed by atoms with E-state index in [4.69, 9.17) is 25.5 Å². The molecule has 0 fully saturated rings. The lowest BCUT2D eigenvalue weighted by molar-refractivity contribution is -0.111. The molecule has 0 spiro atoms. The Morgan fingerprint density at radius 2 is 1.85 bits per heavy atom. The summed E-state index contributed by atoms with van der Waals surface area (Å²) in [6, 6.07) is 16.8. The maximum Gasteiger partial charge on any atom is 0.248 e. The number of halogens is 1. The number of nitrogens with one attached hydrogen (secondary N) is 1. The quantitative estimate of drug-likeness (QED) is 0.281. The molecule has 0 aliphatic heterocycles. The maximum atomic E-state index is 12.7. The van der Waals surface area contributed by atoms with Crippen LogP contribution in [0.3, 0.4) is 0 Å². The van der Waals surface area contributed by atoms with Gasteiger partial charge in [-0.1, -0.05) is 29.8 Å². The lowest BCUT2D eigenvalue weighted by Crippen LogP contribution is -2.08. The molecule has 0 bridgehead atoms. The van der Waals surface area contributed by atoms with Crippen molar-refractivity contribution in [2.45, 2.75) is 20.8 Å². The third-order valence-electron chi connectivity index (χ3n) is 5.61. The van der Waals surface area contributed by atoms with Crippen molar-refractivity contribution in [3.8, 4) is 22.6 Å². The number of rotatable bonds is 7. The number of benzene rings is 3. The normalized spacial score (nSPS) is 11.5. The van der Waals surface area contributed by atoms with Gasteiger partial charge in [0.25, 0.3) is 0 Å². The molecule has 0 unspecified atom stereocenters. The predicted molar refractivity (Wildman–Crippen MR) is 138 cm³/mol. The van der Waals surface area contributed by atoms with Crippen molar-refractivity contribution < 1.29 is 18.7 Å². The van der Waals surface area contributed by atoms with Crippen molar-refractivity contribution in [2.24, 2.45) is 0 Å². The first-order valence-electron chi connectivity index (χ1n) is 11.0. The topological polar surface area (TPSA) is 60.7 Å². The summed E-state index contributed by atoms with van der Waals surface area (Å²) in [4.78, 5) is 12.7. The van der Waals surface area contributed by atoms with Gasteiger partial charge in [-0.3, -0.25) is 4.79 Å². The van der Waals surface area contributed by atoms with Gasteiger partial charge in [0, 0.05) is 44.4 Å². The molecular formula is C28H26ClNO4. The van der Waals surface area contributed by atoms with Crippen LogP contribution in [0.5, 0.6) is 11.5 Å². The molecule has 0 atom stereocenters. The average molecular weight is 476 g/mol. The van der Waals surface area contributed by atoms with E-state index in [0.29, 0.717) is 23.1 Å². The predicted octanol–water partition coefficient (Wildman–Crippen LogP) is 7.51. The molecule has 0 saturated heterocycles. The number of anilines is 1. The fraction of sp³-hybridized carbons (Fsp3) is 0.179. The van der Waals surface area contributed by atoms with Gasteiger partial charge in [0.2, 0.25) is 5.91 Å². The molecule has 4 aromatic rings. The number of carbonyl (C=O) groups is 1. The summed E-state index contributed by atoms with van der Waals surface area (Å²) >= 11 is 5.93. The van der Waals surface area contributed by atoms with E-state index in [1.165, 1.54) is 0 Å². The van der Waals surface area contributed by atoms with Gasteiger partial charge in [0.05, 0.1) is 20.0 Å². The zero-order valence-corrected chi connectivity index (χ0v) is 20.3. The van der Waals surface area contributed by atoms with Crippen molar-refractivity contribution in [2.75, 3.05) is 19.0 Å². The lowest BCUT2D eigenvalue weighted by Gasteiger charge is -2.15. The van der Waals surface area contributed by atoms with Crippen molar-refractivity contribution in [1.29, 1.82) is 0 Å². The molecule has 5 nitrogen and oxygen atoms in total. The van der Waals surface area contributed by atoms with Crippen LogP contribution >= 0.6 is 11.6 Å². The van der Waals surface area contributed by atoms with Crippen molar-refractivity contribution >= 4 is 39.7 Å². The number of fused-ring (bicyclic) bond motifs is 1. The van der Waals surface area contributed by atoms with E-state index < -0.39 is 0 Å². The summed E-state index contributed by atoms with van der Waals surface area (Å²) in [5, 5.41) is 4.40. The Hall–Kier alpha value is -3.70. The number of allylic oxidation sites excluding steroid dienone is 1. The third kappa shape index (κ3) is 4.66. The molecule has 1 amide bonds. The van der Waals surface area contributed by atoms with Gasteiger partial charge in [0.1, 0.15) is 17.1 Å². The molecule has 0 radical (unpaired) electrons. The van der Waals surface area contributed by atoms with Gasteiger partial charge in [-0.15, -0.1) is 0 Å². The zero-order valence-electron chi connectivity index (χ0n) is 19.6. The Bertz CT molecular complexity index is 1370. The van der Waals surface area contributed by atoms with E-state index in [9.17, 15) is 4.79 Å². The largest absolute Gasteiger partial charge is 0.496 e. The highest BCUT2D eigenvalue weighted by Crippen LogP contribution is 2.42. The van der Waals surface area contributed by atoms with Crippen LogP contribution < -0.4 is 14.8 Å². The average Bonchev–Trinajstić information content (AvgIpc) is 3.26. The van der Waals surface area contributed by atoms with E-state index in [0.717, 1.165) is 44.5 Å². The Balaban J connectivity index is 1.80. The van der Waals surface area contributed by atoms with Crippen molar-refractivity contribution in [1.82, 2.24) is 0 Å². The van der Waals surface area contributed by atoms with Gasteiger partial charge in [-0.25, -0.2) is 0 Å². The second-order valence-electron chi connectivity index (χ2n) is 7.86. The third-order valence-corrected chi connectivity index (χ3v) is 5.87. The number of para-hydroxylation sites is 1. The van der Waals surface area contributed by atoms with E-state index in [2.05, 4.69) is 5.32 Å². The minimum absolute atomic E-state index is 0.239. The van der Waals surface area contributed by atoms with Crippen LogP contribution in [0.1, 0.15) is 25.0 Å². The number of carbonyl (C=O) groups excluding carboxylic acids is 1. The Morgan fingerprint density at radius 3 is 2.56 bits per heavy atom. The molecule has 174 valence electrons. The summed E-state index contributed by atoms with van der Waals surface area (Å²) in [6.07, 6.45) is 3.31. The van der Waals surface area contributed by atoms with Crippen molar-refractivity contribution in [3.05, 3.63) is 83.1 Å². The first-order valence-corrected chi connectivity index (χ1v) is 11.4. The molecular weight excluding hydrogens is 450 g/mol. The standard InChI is InChI=1S/C28H26ClNO4/c1-5-33-27-18(3)28-23(24(16-34-28)21-8-6-7-9-25(21)32-4)15-22(27)17(2)14-26(31)30-20-12-10-19(29)11-13-20/h6-16H,5H2,1-4H3,(H,30,31)/b17-14+. The van der Waals surface area contributed by atoms with Crippen molar-refractivity contribution in [3.63, 3.8) is 0 Å². The molecule has 4 rings (SSSR count). The molecule has 3 aromatic carbocycles. The van der Waals surface area contributed by atoms with Gasteiger partial charge >= 0.3 is 0 Å². The van der Waals surface area contributed by atoms with Gasteiger partial charge < -0.3 is 19.2 Å². The Kier molecular flexibility index (Phi) is 6.94. The highest BCUT2D eigenvalue weighted by atomic mass is 35.5. The molecule has 1 heterocycles. The van der Waals surface area contributed by atoms with Crippen LogP contribution in [0.2, 0.25) is 5.02 Å². The van der Waals surface area contributed by atoms with Crippen LogP contribution in [0.4, 0.5) is 5.69 Å². The first-order chi connectivity index (χ1) is 16.4. The summed E-state index contributed by atoms with van der Waals surface area (Å²) in [5.41, 5.74) is 5.73. The van der Waals surface area contributed by atoms with Crippen LogP contribution in [0, 0.1) is 6.92 Å². The van der Waals surface area contributed by atoms with E-state index in [1.54, 1.807) is 43.7 Å². The first kappa shape index (κ1) is 23.5. The van der Waals surface area contributed by atoms with Crippen LogP contribution in [-0.2, 0) is 4.79 Å². The number of amides is 1. The summed E-state index contributed by atoms with van der Waals surface area (Å²) < 4.78 is 17.5.